The molecule has 0 aliphatic carbocycles. The Kier molecular flexibility index (Phi) is 5.10. The van der Waals surface area contributed by atoms with Crippen molar-refractivity contribution in [3.63, 3.8) is 0 Å². The Bertz CT molecular complexity index is 418. The van der Waals surface area contributed by atoms with Crippen LogP contribution < -0.4 is 11.1 Å². The van der Waals surface area contributed by atoms with Gasteiger partial charge < -0.3 is 11.1 Å². The molecule has 0 aliphatic heterocycles. The topological polar surface area (TPSA) is 55.1 Å². The van der Waals surface area contributed by atoms with Crippen LogP contribution in [-0.2, 0) is 11.2 Å². The molecule has 3 nitrogen and oxygen atoms in total. The first-order valence-corrected chi connectivity index (χ1v) is 6.15. The van der Waals surface area contributed by atoms with Crippen molar-refractivity contribution in [2.75, 3.05) is 5.32 Å². The molecule has 0 saturated heterocycles. The van der Waals surface area contributed by atoms with E-state index in [1.807, 2.05) is 24.3 Å². The third kappa shape index (κ3) is 3.82. The molecule has 0 aromatic heterocycles. The molecule has 1 atom stereocenters. The standard InChI is InChI=1S/C13H18N2OS/c1-3-6-10-7-4-5-8-11(10)15-13(16)9(2)12(14)17/h4-5,7-9H,3,6H2,1-2H3,(H2,14,17)(H,15,16). The number of anilines is 1. The Hall–Kier alpha value is -1.42. The molecule has 1 unspecified atom stereocenters. The van der Waals surface area contributed by atoms with Crippen LogP contribution in [-0.4, -0.2) is 10.9 Å². The lowest BCUT2D eigenvalue weighted by Gasteiger charge is -2.13. The second-order valence-electron chi connectivity index (χ2n) is 4.02. The van der Waals surface area contributed by atoms with Crippen LogP contribution in [0.15, 0.2) is 24.3 Å². The number of carbonyl (C=O) groups is 1. The van der Waals surface area contributed by atoms with Gasteiger partial charge in [0.1, 0.15) is 0 Å². The van der Waals surface area contributed by atoms with Gasteiger partial charge in [-0.1, -0.05) is 43.8 Å². The van der Waals surface area contributed by atoms with Crippen molar-refractivity contribution in [1.82, 2.24) is 0 Å². The molecular formula is C13H18N2OS. The predicted octanol–water partition coefficient (Wildman–Crippen LogP) is 2.50. The first kappa shape index (κ1) is 13.6. The molecule has 3 N–H and O–H groups in total. The van der Waals surface area contributed by atoms with E-state index >= 15 is 0 Å². The van der Waals surface area contributed by atoms with Crippen molar-refractivity contribution in [3.8, 4) is 0 Å². The van der Waals surface area contributed by atoms with Gasteiger partial charge in [-0.25, -0.2) is 0 Å². The van der Waals surface area contributed by atoms with Gasteiger partial charge in [0.15, 0.2) is 0 Å². The van der Waals surface area contributed by atoms with Gasteiger partial charge in [0.25, 0.3) is 0 Å². The highest BCUT2D eigenvalue weighted by atomic mass is 32.1. The van der Waals surface area contributed by atoms with E-state index in [0.29, 0.717) is 0 Å². The van der Waals surface area contributed by atoms with E-state index in [4.69, 9.17) is 18.0 Å². The molecule has 0 heterocycles. The largest absolute Gasteiger partial charge is 0.393 e. The van der Waals surface area contributed by atoms with Crippen LogP contribution in [0.25, 0.3) is 0 Å². The molecule has 1 amide bonds. The monoisotopic (exact) mass is 250 g/mol. The lowest BCUT2D eigenvalue weighted by atomic mass is 10.1. The van der Waals surface area contributed by atoms with Gasteiger partial charge >= 0.3 is 0 Å². The van der Waals surface area contributed by atoms with E-state index in [-0.39, 0.29) is 10.9 Å². The van der Waals surface area contributed by atoms with E-state index in [1.165, 1.54) is 0 Å². The maximum Gasteiger partial charge on any atom is 0.234 e. The van der Waals surface area contributed by atoms with E-state index in [1.54, 1.807) is 6.92 Å². The molecule has 0 aliphatic rings. The number of aryl methyl sites for hydroxylation is 1. The maximum absolute atomic E-state index is 11.8. The molecule has 0 radical (unpaired) electrons. The summed E-state index contributed by atoms with van der Waals surface area (Å²) in [6.07, 6.45) is 1.98. The van der Waals surface area contributed by atoms with Gasteiger partial charge in [-0.15, -0.1) is 0 Å². The van der Waals surface area contributed by atoms with Gasteiger partial charge in [0.2, 0.25) is 5.91 Å². The Labute approximate surface area is 107 Å². The summed E-state index contributed by atoms with van der Waals surface area (Å²) in [5, 5.41) is 2.87. The number of nitrogens with two attached hydrogens (primary N) is 1. The average molecular weight is 250 g/mol. The molecule has 1 rings (SSSR count). The maximum atomic E-state index is 11.8. The number of rotatable bonds is 5. The fourth-order valence-electron chi connectivity index (χ4n) is 1.50. The van der Waals surface area contributed by atoms with Crippen LogP contribution >= 0.6 is 12.2 Å². The van der Waals surface area contributed by atoms with Crippen LogP contribution in [0.1, 0.15) is 25.8 Å². The molecule has 0 spiro atoms. The molecule has 92 valence electrons. The summed E-state index contributed by atoms with van der Waals surface area (Å²) in [7, 11) is 0. The van der Waals surface area contributed by atoms with Gasteiger partial charge in [0.05, 0.1) is 10.9 Å². The minimum absolute atomic E-state index is 0.152. The molecule has 17 heavy (non-hydrogen) atoms. The summed E-state index contributed by atoms with van der Waals surface area (Å²) in [4.78, 5) is 12.0. The van der Waals surface area contributed by atoms with Crippen molar-refractivity contribution in [2.24, 2.45) is 11.7 Å². The molecule has 0 bridgehead atoms. The number of nitrogens with one attached hydrogen (secondary N) is 1. The first-order valence-electron chi connectivity index (χ1n) is 5.74. The number of hydrogen-bond acceptors (Lipinski definition) is 2. The summed E-state index contributed by atoms with van der Waals surface area (Å²) in [5.74, 6) is -0.597. The van der Waals surface area contributed by atoms with Gasteiger partial charge in [-0.3, -0.25) is 4.79 Å². The third-order valence-electron chi connectivity index (χ3n) is 2.61. The zero-order valence-corrected chi connectivity index (χ0v) is 11.0. The second kappa shape index (κ2) is 6.35. The Morgan fingerprint density at radius 1 is 1.47 bits per heavy atom. The summed E-state index contributed by atoms with van der Waals surface area (Å²) in [5.41, 5.74) is 7.44. The quantitative estimate of drug-likeness (QED) is 0.789. The van der Waals surface area contributed by atoms with E-state index in [0.717, 1.165) is 24.1 Å². The number of amides is 1. The highest BCUT2D eigenvalue weighted by Crippen LogP contribution is 2.17. The molecule has 4 heteroatoms. The lowest BCUT2D eigenvalue weighted by molar-refractivity contribution is -0.117. The highest BCUT2D eigenvalue weighted by Gasteiger charge is 2.16. The summed E-state index contributed by atoms with van der Waals surface area (Å²) in [6.45, 7) is 3.82. The minimum atomic E-state index is -0.445. The summed E-state index contributed by atoms with van der Waals surface area (Å²) in [6, 6.07) is 7.79. The summed E-state index contributed by atoms with van der Waals surface area (Å²) < 4.78 is 0. The Balaban J connectivity index is 2.80. The Morgan fingerprint density at radius 2 is 2.12 bits per heavy atom. The fraction of sp³-hybridized carbons (Fsp3) is 0.385. The van der Waals surface area contributed by atoms with E-state index in [2.05, 4.69) is 12.2 Å². The van der Waals surface area contributed by atoms with Gasteiger partial charge in [0, 0.05) is 5.69 Å². The zero-order valence-electron chi connectivity index (χ0n) is 10.2. The molecule has 0 saturated carbocycles. The molecular weight excluding hydrogens is 232 g/mol. The van der Waals surface area contributed by atoms with Crippen LogP contribution in [0.5, 0.6) is 0 Å². The number of hydrogen-bond donors (Lipinski definition) is 2. The van der Waals surface area contributed by atoms with Crippen LogP contribution in [0.4, 0.5) is 5.69 Å². The SMILES string of the molecule is CCCc1ccccc1NC(=O)C(C)C(N)=S. The fourth-order valence-corrected chi connectivity index (χ4v) is 1.61. The second-order valence-corrected chi connectivity index (χ2v) is 4.49. The number of para-hydroxylation sites is 1. The zero-order chi connectivity index (χ0) is 12.8. The Morgan fingerprint density at radius 3 is 2.71 bits per heavy atom. The van der Waals surface area contributed by atoms with Gasteiger partial charge in [-0.2, -0.15) is 0 Å². The number of carbonyl (C=O) groups excluding carboxylic acids is 1. The van der Waals surface area contributed by atoms with E-state index in [9.17, 15) is 4.79 Å². The minimum Gasteiger partial charge on any atom is -0.393 e. The first-order chi connectivity index (χ1) is 8.06. The van der Waals surface area contributed by atoms with Crippen molar-refractivity contribution < 1.29 is 4.79 Å². The lowest BCUT2D eigenvalue weighted by Crippen LogP contribution is -2.31. The van der Waals surface area contributed by atoms with Gasteiger partial charge in [-0.05, 0) is 25.0 Å². The number of thiocarbonyl (C=S) groups is 1. The third-order valence-corrected chi connectivity index (χ3v) is 2.97. The van der Waals surface area contributed by atoms with Crippen molar-refractivity contribution in [3.05, 3.63) is 29.8 Å². The summed E-state index contributed by atoms with van der Waals surface area (Å²) >= 11 is 4.81. The average Bonchev–Trinajstić information content (AvgIpc) is 2.30. The molecule has 0 fully saturated rings. The predicted molar refractivity (Wildman–Crippen MR) is 75.0 cm³/mol. The molecule has 1 aromatic rings. The molecule has 1 aromatic carbocycles. The van der Waals surface area contributed by atoms with Crippen LogP contribution in [0.3, 0.4) is 0 Å². The smallest absolute Gasteiger partial charge is 0.234 e. The van der Waals surface area contributed by atoms with Crippen LogP contribution in [0.2, 0.25) is 0 Å². The highest BCUT2D eigenvalue weighted by molar-refractivity contribution is 7.80. The van der Waals surface area contributed by atoms with Crippen LogP contribution in [0, 0.1) is 5.92 Å². The van der Waals surface area contributed by atoms with Crippen molar-refractivity contribution in [2.45, 2.75) is 26.7 Å². The van der Waals surface area contributed by atoms with Crippen molar-refractivity contribution >= 4 is 28.8 Å². The van der Waals surface area contributed by atoms with E-state index < -0.39 is 5.92 Å². The number of benzene rings is 1. The van der Waals surface area contributed by atoms with Crippen molar-refractivity contribution in [1.29, 1.82) is 0 Å². The normalized spacial score (nSPS) is 11.9.